The first-order valence-corrected chi connectivity index (χ1v) is 11.8. The highest BCUT2D eigenvalue weighted by molar-refractivity contribution is 7.15. The molecule has 2 aromatic rings. The van der Waals surface area contributed by atoms with Crippen LogP contribution in [0, 0.1) is 34.0 Å². The average Bonchev–Trinajstić information content (AvgIpc) is 3.12. The largest absolute Gasteiger partial charge is 0.481 e. The van der Waals surface area contributed by atoms with Crippen molar-refractivity contribution in [1.29, 1.82) is 5.26 Å². The Morgan fingerprint density at radius 2 is 2.15 bits per heavy atom. The van der Waals surface area contributed by atoms with Crippen molar-refractivity contribution in [3.63, 3.8) is 0 Å². The molecular formula is C24H28F3N3O3S. The van der Waals surface area contributed by atoms with Crippen LogP contribution in [0.1, 0.15) is 51.0 Å². The zero-order chi connectivity index (χ0) is 25.3. The van der Waals surface area contributed by atoms with E-state index >= 15 is 0 Å². The van der Waals surface area contributed by atoms with Gasteiger partial charge in [0.2, 0.25) is 5.95 Å². The molecule has 6 nitrogen and oxygen atoms in total. The van der Waals surface area contributed by atoms with Gasteiger partial charge in [-0.2, -0.15) is 18.4 Å². The van der Waals surface area contributed by atoms with Crippen LogP contribution in [0.4, 0.5) is 13.2 Å². The number of carbonyl (C=O) groups is 1. The fourth-order valence-electron chi connectivity index (χ4n) is 4.38. The monoisotopic (exact) mass is 495 g/mol. The van der Waals surface area contributed by atoms with E-state index in [-0.39, 0.29) is 51.2 Å². The molecular weight excluding hydrogens is 467 g/mol. The molecule has 3 rings (SSSR count). The van der Waals surface area contributed by atoms with E-state index in [0.29, 0.717) is 19.4 Å². The van der Waals surface area contributed by atoms with Crippen LogP contribution in [-0.2, 0) is 11.3 Å². The number of piperidine rings is 1. The van der Waals surface area contributed by atoms with Gasteiger partial charge in [0.15, 0.2) is 0 Å². The number of hydrogen-bond donors (Lipinski definition) is 1. The van der Waals surface area contributed by atoms with E-state index in [1.807, 2.05) is 17.9 Å². The van der Waals surface area contributed by atoms with Gasteiger partial charge in [0, 0.05) is 19.6 Å². The second-order valence-corrected chi connectivity index (χ2v) is 10.9. The minimum atomic E-state index is -3.09. The molecule has 1 aromatic carbocycles. The number of nitriles is 1. The molecule has 1 fully saturated rings. The van der Waals surface area contributed by atoms with Crippen molar-refractivity contribution < 1.29 is 27.8 Å². The van der Waals surface area contributed by atoms with E-state index < -0.39 is 23.9 Å². The number of benzene rings is 1. The maximum atomic E-state index is 14.9. The van der Waals surface area contributed by atoms with E-state index in [9.17, 15) is 28.3 Å². The van der Waals surface area contributed by atoms with Gasteiger partial charge < -0.3 is 9.84 Å². The summed E-state index contributed by atoms with van der Waals surface area (Å²) in [5, 5.41) is 19.3. The molecule has 1 saturated heterocycles. The van der Waals surface area contributed by atoms with Gasteiger partial charge in [-0.25, -0.2) is 4.98 Å². The highest BCUT2D eigenvalue weighted by atomic mass is 32.1. The molecule has 0 saturated carbocycles. The standard InChI is InChI=1S/C24H28F3N3O3S/c1-5-24(21(31)32)9-15(23(2,3)4)11-30(13-24)12-18-19(25)29-20(34-18)16-8-14(10-28)6-7-17(16)33-22(26)27/h6-8,15,22H,5,9,11-13H2,1-4H3,(H,31,32)/t15?,24-/m1/s1. The van der Waals surface area contributed by atoms with Crippen molar-refractivity contribution in [3.8, 4) is 22.4 Å². The van der Waals surface area contributed by atoms with Gasteiger partial charge in [0.1, 0.15) is 10.8 Å². The summed E-state index contributed by atoms with van der Waals surface area (Å²) in [5.41, 5.74) is -0.758. The number of ether oxygens (including phenoxy) is 1. The van der Waals surface area contributed by atoms with Gasteiger partial charge in [-0.15, -0.1) is 11.3 Å². The summed E-state index contributed by atoms with van der Waals surface area (Å²) in [6.45, 7) is 6.02. The van der Waals surface area contributed by atoms with E-state index in [0.717, 1.165) is 11.3 Å². The molecule has 1 aliphatic heterocycles. The Hall–Kier alpha value is -2.64. The van der Waals surface area contributed by atoms with Crippen LogP contribution in [0.2, 0.25) is 0 Å². The molecule has 0 spiro atoms. The third-order valence-corrected chi connectivity index (χ3v) is 7.62. The Labute approximate surface area is 201 Å². The number of aliphatic carboxylic acids is 1. The summed E-state index contributed by atoms with van der Waals surface area (Å²) >= 11 is 0.982. The SMILES string of the molecule is CC[C@@]1(C(=O)O)CC(C(C)(C)C)CN(Cc2sc(-c3cc(C#N)ccc3OC(F)F)nc2F)C1. The van der Waals surface area contributed by atoms with Crippen molar-refractivity contribution in [2.24, 2.45) is 16.7 Å². The van der Waals surface area contributed by atoms with Crippen LogP contribution in [0.25, 0.3) is 10.6 Å². The van der Waals surface area contributed by atoms with Crippen molar-refractivity contribution >= 4 is 17.3 Å². The number of halogens is 3. The van der Waals surface area contributed by atoms with E-state index in [2.05, 4.69) is 30.5 Å². The topological polar surface area (TPSA) is 86.5 Å². The molecule has 0 aliphatic carbocycles. The quantitative estimate of drug-likeness (QED) is 0.525. The van der Waals surface area contributed by atoms with E-state index in [1.165, 1.54) is 18.2 Å². The zero-order valence-electron chi connectivity index (χ0n) is 19.6. The van der Waals surface area contributed by atoms with Crippen molar-refractivity contribution in [1.82, 2.24) is 9.88 Å². The summed E-state index contributed by atoms with van der Waals surface area (Å²) in [7, 11) is 0. The molecule has 1 aromatic heterocycles. The molecule has 0 radical (unpaired) electrons. The number of alkyl halides is 2. The lowest BCUT2D eigenvalue weighted by Crippen LogP contribution is -2.53. The Kier molecular flexibility index (Phi) is 7.58. The van der Waals surface area contributed by atoms with Gasteiger partial charge in [-0.05, 0) is 42.4 Å². The van der Waals surface area contributed by atoms with E-state index in [4.69, 9.17) is 0 Å². The molecule has 1 N–H and O–H groups in total. The normalized spacial score (nSPS) is 21.4. The van der Waals surface area contributed by atoms with Gasteiger partial charge in [0.25, 0.3) is 0 Å². The van der Waals surface area contributed by atoms with Gasteiger partial charge >= 0.3 is 12.6 Å². The van der Waals surface area contributed by atoms with Crippen LogP contribution in [0.5, 0.6) is 5.75 Å². The third kappa shape index (κ3) is 5.53. The van der Waals surface area contributed by atoms with Crippen LogP contribution in [0.3, 0.4) is 0 Å². The van der Waals surface area contributed by atoms with Gasteiger partial charge in [-0.3, -0.25) is 9.69 Å². The molecule has 184 valence electrons. The Morgan fingerprint density at radius 1 is 1.44 bits per heavy atom. The second kappa shape index (κ2) is 9.92. The Balaban J connectivity index is 1.94. The zero-order valence-corrected chi connectivity index (χ0v) is 20.4. The van der Waals surface area contributed by atoms with E-state index in [1.54, 1.807) is 0 Å². The Morgan fingerprint density at radius 3 is 2.71 bits per heavy atom. The van der Waals surface area contributed by atoms with Gasteiger partial charge in [-0.1, -0.05) is 27.7 Å². The number of aromatic nitrogens is 1. The third-order valence-electron chi connectivity index (χ3n) is 6.57. The predicted octanol–water partition coefficient (Wildman–Crippen LogP) is 5.77. The molecule has 10 heteroatoms. The number of hydrogen-bond acceptors (Lipinski definition) is 6. The fraction of sp³-hybridized carbons (Fsp3) is 0.542. The van der Waals surface area contributed by atoms with Crippen LogP contribution >= 0.6 is 11.3 Å². The average molecular weight is 496 g/mol. The molecule has 2 atom stereocenters. The number of nitrogens with zero attached hydrogens (tertiary/aromatic N) is 3. The highest BCUT2D eigenvalue weighted by Crippen LogP contribution is 2.44. The lowest BCUT2D eigenvalue weighted by Gasteiger charge is -2.47. The first kappa shape index (κ1) is 26.0. The van der Waals surface area contributed by atoms with Crippen LogP contribution in [-0.4, -0.2) is 40.7 Å². The fourth-order valence-corrected chi connectivity index (χ4v) is 5.39. The minimum absolute atomic E-state index is 0.0890. The summed E-state index contributed by atoms with van der Waals surface area (Å²) in [6.07, 6.45) is 1.00. The maximum absolute atomic E-state index is 14.9. The summed E-state index contributed by atoms with van der Waals surface area (Å²) in [4.78, 5) is 18.3. The number of carboxylic acid groups (broad SMARTS) is 1. The molecule has 34 heavy (non-hydrogen) atoms. The lowest BCUT2D eigenvalue weighted by atomic mass is 9.66. The maximum Gasteiger partial charge on any atom is 0.387 e. The van der Waals surface area contributed by atoms with Crippen molar-refractivity contribution in [2.45, 2.75) is 53.7 Å². The summed E-state index contributed by atoms with van der Waals surface area (Å²) in [6, 6.07) is 5.83. The van der Waals surface area contributed by atoms with Gasteiger partial charge in [0.05, 0.1) is 27.5 Å². The number of rotatable bonds is 7. The molecule has 0 amide bonds. The number of likely N-dealkylation sites (tertiary alicyclic amines) is 1. The number of thiazole rings is 1. The predicted molar refractivity (Wildman–Crippen MR) is 122 cm³/mol. The number of carboxylic acids is 1. The van der Waals surface area contributed by atoms with Crippen molar-refractivity contribution in [3.05, 3.63) is 34.6 Å². The Bertz CT molecular complexity index is 1090. The van der Waals surface area contributed by atoms with Crippen molar-refractivity contribution in [2.75, 3.05) is 13.1 Å². The summed E-state index contributed by atoms with van der Waals surface area (Å²) < 4.78 is 45.2. The molecule has 2 heterocycles. The van der Waals surface area contributed by atoms with Crippen LogP contribution in [0.15, 0.2) is 18.2 Å². The first-order valence-electron chi connectivity index (χ1n) is 11.0. The smallest absolute Gasteiger partial charge is 0.387 e. The second-order valence-electron chi connectivity index (χ2n) is 9.81. The lowest BCUT2D eigenvalue weighted by molar-refractivity contribution is -0.156. The highest BCUT2D eigenvalue weighted by Gasteiger charge is 2.47. The molecule has 1 aliphatic rings. The minimum Gasteiger partial charge on any atom is -0.481 e. The first-order chi connectivity index (χ1) is 15.9. The van der Waals surface area contributed by atoms with Crippen LogP contribution < -0.4 is 4.74 Å². The molecule has 1 unspecified atom stereocenters. The summed E-state index contributed by atoms with van der Waals surface area (Å²) in [5.74, 6) is -1.72. The molecule has 0 bridgehead atoms.